The molecule has 7 aromatic rings. The zero-order valence-corrected chi connectivity index (χ0v) is 43.2. The first kappa shape index (κ1) is 52.7. The van der Waals surface area contributed by atoms with E-state index in [0.29, 0.717) is 70.3 Å². The van der Waals surface area contributed by atoms with E-state index in [4.69, 9.17) is 47.6 Å². The fraction of sp³-hybridized carbons (Fsp3) is 0.228. The third kappa shape index (κ3) is 12.1. The molecule has 11 nitrogen and oxygen atoms in total. The molecule has 0 fully saturated rings. The third-order valence-electron chi connectivity index (χ3n) is 12.3. The van der Waals surface area contributed by atoms with Crippen LogP contribution in [0.2, 0.25) is 0 Å². The van der Waals surface area contributed by atoms with Gasteiger partial charge in [-0.05, 0) is 137 Å². The van der Waals surface area contributed by atoms with Gasteiger partial charge in [0.1, 0.15) is 5.69 Å². The molecule has 0 saturated carbocycles. The van der Waals surface area contributed by atoms with Gasteiger partial charge in [-0.2, -0.15) is 5.10 Å². The second-order valence-electron chi connectivity index (χ2n) is 16.5. The molecule has 69 heavy (non-hydrogen) atoms. The number of nitrogens with zero attached hydrogens (tertiary/aromatic N) is 5. The van der Waals surface area contributed by atoms with Crippen molar-refractivity contribution in [3.8, 4) is 56.4 Å². The van der Waals surface area contributed by atoms with Gasteiger partial charge < -0.3 is 27.7 Å². The van der Waals surface area contributed by atoms with Crippen molar-refractivity contribution in [3.05, 3.63) is 178 Å². The van der Waals surface area contributed by atoms with Crippen LogP contribution in [0.4, 0.5) is 0 Å². The van der Waals surface area contributed by atoms with Gasteiger partial charge >= 0.3 is 21.1 Å². The van der Waals surface area contributed by atoms with Crippen LogP contribution in [0.5, 0.6) is 0 Å². The van der Waals surface area contributed by atoms with Gasteiger partial charge in [-0.3, -0.25) is 5.10 Å². The van der Waals surface area contributed by atoms with E-state index in [2.05, 4.69) is 36.2 Å². The normalized spacial score (nSPS) is 12.1. The Hall–Kier alpha value is -7.23. The van der Waals surface area contributed by atoms with Crippen LogP contribution >= 0.6 is 0 Å². The van der Waals surface area contributed by atoms with Crippen LogP contribution in [0.3, 0.4) is 0 Å². The molecule has 12 heteroatoms. The van der Waals surface area contributed by atoms with Crippen molar-refractivity contribution in [2.24, 2.45) is 0 Å². The van der Waals surface area contributed by atoms with Gasteiger partial charge in [0, 0.05) is 56.5 Å². The molecule has 354 valence electrons. The molecule has 7 rings (SSSR count). The van der Waals surface area contributed by atoms with E-state index in [1.54, 1.807) is 26.0 Å². The van der Waals surface area contributed by atoms with Crippen molar-refractivity contribution in [1.82, 2.24) is 30.1 Å². The average Bonchev–Trinajstić information content (AvgIpc) is 3.78. The molecule has 2 aromatic carbocycles. The van der Waals surface area contributed by atoms with E-state index < -0.39 is 0 Å². The van der Waals surface area contributed by atoms with Crippen LogP contribution in [0.1, 0.15) is 103 Å². The number of aromatic nitrogens is 6. The van der Waals surface area contributed by atoms with Gasteiger partial charge in [0.05, 0.1) is 34.2 Å². The van der Waals surface area contributed by atoms with E-state index in [9.17, 15) is 0 Å². The third-order valence-corrected chi connectivity index (χ3v) is 12.3. The maximum Gasteiger partial charge on any atom is 2.00 e. The SMILES string of the molecule is CCC(=N)/C(C)=C(\C)c1cccc(-c2ccccc2-c2cccc(-c3n[nH]c(CC)c3C)n2)n1.CCC(=N)/C(C)=C(\[NH-])c1cccc(-c2ccccc2-c2cccc(/C([NH-])=C(\C)C(=N)CC)n2)n1.[Pt+2]. The van der Waals surface area contributed by atoms with Crippen LogP contribution < -0.4 is 0 Å². The summed E-state index contributed by atoms with van der Waals surface area (Å²) in [5.74, 6) is 0. The summed E-state index contributed by atoms with van der Waals surface area (Å²) in [7, 11) is 0. The number of pyridine rings is 4. The summed E-state index contributed by atoms with van der Waals surface area (Å²) < 4.78 is 0. The number of aryl methyl sites for hydroxylation is 1. The molecule has 5 aromatic heterocycles. The van der Waals surface area contributed by atoms with Gasteiger partial charge in [-0.15, -0.1) is 11.4 Å². The molecule has 0 saturated heterocycles. The summed E-state index contributed by atoms with van der Waals surface area (Å²) in [4.78, 5) is 19.4. The Bertz CT molecular complexity index is 3000. The molecule has 0 amide bonds. The van der Waals surface area contributed by atoms with Crippen molar-refractivity contribution < 1.29 is 21.1 Å². The molecule has 0 aliphatic heterocycles. The number of hydrogen-bond donors (Lipinski definition) is 4. The van der Waals surface area contributed by atoms with Crippen molar-refractivity contribution in [2.45, 2.75) is 88.0 Å². The predicted octanol–water partition coefficient (Wildman–Crippen LogP) is 15.5. The molecule has 0 bridgehead atoms. The summed E-state index contributed by atoms with van der Waals surface area (Å²) in [6, 6.07) is 39.4. The molecule has 0 unspecified atom stereocenters. The predicted molar refractivity (Wildman–Crippen MR) is 284 cm³/mol. The minimum absolute atomic E-state index is 0. The van der Waals surface area contributed by atoms with Gasteiger partial charge in [0.2, 0.25) is 0 Å². The molecular weight excluding hydrogens is 1030 g/mol. The minimum Gasteiger partial charge on any atom is -0.697 e. The zero-order valence-electron chi connectivity index (χ0n) is 40.9. The van der Waals surface area contributed by atoms with Crippen molar-refractivity contribution in [1.29, 1.82) is 16.2 Å². The Morgan fingerprint density at radius 3 is 1.20 bits per heavy atom. The smallest absolute Gasteiger partial charge is 0.697 e. The zero-order chi connectivity index (χ0) is 49.1. The Balaban J connectivity index is 0.000000254. The van der Waals surface area contributed by atoms with Gasteiger partial charge in [0.25, 0.3) is 0 Å². The summed E-state index contributed by atoms with van der Waals surface area (Å²) in [6.45, 7) is 17.7. The fourth-order valence-electron chi connectivity index (χ4n) is 7.75. The Morgan fingerprint density at radius 2 is 0.812 bits per heavy atom. The van der Waals surface area contributed by atoms with Crippen molar-refractivity contribution >= 4 is 34.1 Å². The summed E-state index contributed by atoms with van der Waals surface area (Å²) in [6.07, 6.45) is 2.77. The summed E-state index contributed by atoms with van der Waals surface area (Å²) in [5, 5.41) is 32.0. The van der Waals surface area contributed by atoms with Gasteiger partial charge in [-0.25, -0.2) is 19.9 Å². The Kier molecular flexibility index (Phi) is 18.5. The van der Waals surface area contributed by atoms with Crippen LogP contribution in [-0.4, -0.2) is 47.3 Å². The van der Waals surface area contributed by atoms with Crippen molar-refractivity contribution in [2.75, 3.05) is 0 Å². The standard InChI is InChI=1S/C29H31N5.C28H30N6.Pt/c1-6-23(30)18(3)19(4)25-14-10-15-26(31-25)21-12-8-9-13-22(21)27-16-11-17-28(32-27)29-20(5)24(7-2)33-34-29;1-5-21(29)17(3)27(31)25-15-9-13-23(33-25)19-11-7-8-12-20(19)24-14-10-16-26(34-24)28(32)18(4)22(30)6-2;/h8-17,30H,6-7H2,1-5H3,(H,33,34);7-16,29-32H,5-6H2,1-4H3;/q;-2;+2/b19-18+,30-23?;27-17-,28-18-,29-21?,30-22?;. The van der Waals surface area contributed by atoms with Gasteiger partial charge in [-0.1, -0.05) is 100 Å². The molecule has 0 aliphatic carbocycles. The first-order chi connectivity index (χ1) is 32.7. The number of aromatic amines is 1. The van der Waals surface area contributed by atoms with E-state index >= 15 is 0 Å². The van der Waals surface area contributed by atoms with E-state index in [1.165, 1.54) is 0 Å². The number of hydrogen-bond acceptors (Lipinski definition) is 8. The van der Waals surface area contributed by atoms with Crippen molar-refractivity contribution in [3.63, 3.8) is 0 Å². The topological polar surface area (TPSA) is 199 Å². The van der Waals surface area contributed by atoms with Gasteiger partial charge in [0.15, 0.2) is 0 Å². The first-order valence-corrected chi connectivity index (χ1v) is 23.1. The molecule has 6 N–H and O–H groups in total. The summed E-state index contributed by atoms with van der Waals surface area (Å²) >= 11 is 0. The Labute approximate surface area is 421 Å². The quantitative estimate of drug-likeness (QED) is 0.0739. The molecule has 0 spiro atoms. The van der Waals surface area contributed by atoms with Crippen LogP contribution in [-0.2, 0) is 27.5 Å². The second-order valence-corrected chi connectivity index (χ2v) is 16.5. The van der Waals surface area contributed by atoms with Crippen LogP contribution in [0, 0.1) is 23.2 Å². The van der Waals surface area contributed by atoms with E-state index in [1.807, 2.05) is 132 Å². The maximum absolute atomic E-state index is 8.52. The molecule has 0 aliphatic rings. The van der Waals surface area contributed by atoms with E-state index in [0.717, 1.165) is 79.5 Å². The average molecular weight is 1100 g/mol. The number of benzene rings is 2. The summed E-state index contributed by atoms with van der Waals surface area (Å²) in [5.41, 5.74) is 35.3. The fourth-order valence-corrected chi connectivity index (χ4v) is 7.75. The molecule has 5 heterocycles. The largest absolute Gasteiger partial charge is 2.00 e. The minimum atomic E-state index is 0. The van der Waals surface area contributed by atoms with Crippen LogP contribution in [0.25, 0.3) is 84.9 Å². The number of H-pyrrole nitrogens is 1. The maximum atomic E-state index is 8.52. The monoisotopic (exact) mass is 1090 g/mol. The number of nitrogens with one attached hydrogen (secondary N) is 6. The molecular formula is C57H61N11Pt. The second kappa shape index (κ2) is 24.2. The van der Waals surface area contributed by atoms with Crippen LogP contribution in [0.15, 0.2) is 138 Å². The molecule has 0 radical (unpaired) electrons. The Morgan fingerprint density at radius 1 is 0.464 bits per heavy atom. The molecule has 0 atom stereocenters. The number of rotatable bonds is 15. The first-order valence-electron chi connectivity index (χ1n) is 23.1. The number of allylic oxidation sites excluding steroid dienone is 4. The van der Waals surface area contributed by atoms with E-state index in [-0.39, 0.29) is 32.5 Å².